The number of thioether (sulfide) groups is 1. The molecule has 0 radical (unpaired) electrons. The molecule has 0 aliphatic heterocycles. The van der Waals surface area contributed by atoms with Crippen LogP contribution in [0.3, 0.4) is 0 Å². The molecule has 98 valence electrons. The largest absolute Gasteiger partial charge is 0.481 e. The predicted octanol–water partition coefficient (Wildman–Crippen LogP) is 2.58. The van der Waals surface area contributed by atoms with Gasteiger partial charge in [-0.2, -0.15) is 0 Å². The van der Waals surface area contributed by atoms with E-state index < -0.39 is 5.97 Å². The standard InChI is InChI=1S/C14H14N2O2S/c15-12-8-16-6-5-13(12)19-9-11-4-2-1-3-10(11)7-14(17)18/h1-6,8H,7,9,15H2,(H,17,18). The number of nitrogen functional groups attached to an aromatic ring is 1. The smallest absolute Gasteiger partial charge is 0.307 e. The molecule has 1 aromatic carbocycles. The minimum Gasteiger partial charge on any atom is -0.481 e. The first kappa shape index (κ1) is 13.4. The lowest BCUT2D eigenvalue weighted by molar-refractivity contribution is -0.136. The van der Waals surface area contributed by atoms with Crippen molar-refractivity contribution in [2.24, 2.45) is 0 Å². The van der Waals surface area contributed by atoms with Crippen LogP contribution in [-0.4, -0.2) is 16.1 Å². The number of rotatable bonds is 5. The van der Waals surface area contributed by atoms with Gasteiger partial charge in [-0.1, -0.05) is 24.3 Å². The van der Waals surface area contributed by atoms with Crippen LogP contribution in [0.25, 0.3) is 0 Å². The molecule has 1 aromatic heterocycles. The van der Waals surface area contributed by atoms with E-state index in [-0.39, 0.29) is 6.42 Å². The molecule has 0 aliphatic rings. The fourth-order valence-corrected chi connectivity index (χ4v) is 2.68. The lowest BCUT2D eigenvalue weighted by Crippen LogP contribution is -2.03. The zero-order chi connectivity index (χ0) is 13.7. The summed E-state index contributed by atoms with van der Waals surface area (Å²) in [6, 6.07) is 9.42. The number of anilines is 1. The van der Waals surface area contributed by atoms with Gasteiger partial charge in [0.05, 0.1) is 18.3 Å². The van der Waals surface area contributed by atoms with Crippen molar-refractivity contribution in [2.45, 2.75) is 17.1 Å². The van der Waals surface area contributed by atoms with E-state index in [4.69, 9.17) is 10.8 Å². The number of nitrogens with two attached hydrogens (primary N) is 1. The summed E-state index contributed by atoms with van der Waals surface area (Å²) in [5.41, 5.74) is 8.33. The third-order valence-corrected chi connectivity index (χ3v) is 3.79. The van der Waals surface area contributed by atoms with Gasteiger partial charge in [0.25, 0.3) is 0 Å². The molecule has 0 atom stereocenters. The number of carbonyl (C=O) groups is 1. The average molecular weight is 274 g/mol. The van der Waals surface area contributed by atoms with Crippen LogP contribution in [0.5, 0.6) is 0 Å². The van der Waals surface area contributed by atoms with Gasteiger partial charge in [0.1, 0.15) is 0 Å². The van der Waals surface area contributed by atoms with Crippen LogP contribution >= 0.6 is 11.8 Å². The van der Waals surface area contributed by atoms with Crippen LogP contribution in [0.2, 0.25) is 0 Å². The first-order valence-electron chi connectivity index (χ1n) is 5.77. The van der Waals surface area contributed by atoms with Gasteiger partial charge in [0.15, 0.2) is 0 Å². The molecule has 5 heteroatoms. The summed E-state index contributed by atoms with van der Waals surface area (Å²) in [6.07, 6.45) is 3.36. The number of pyridine rings is 1. The van der Waals surface area contributed by atoms with E-state index in [1.165, 1.54) is 0 Å². The monoisotopic (exact) mass is 274 g/mol. The number of hydrogen-bond acceptors (Lipinski definition) is 4. The third-order valence-electron chi connectivity index (χ3n) is 2.65. The van der Waals surface area contributed by atoms with Crippen molar-refractivity contribution in [1.29, 1.82) is 0 Å². The Morgan fingerprint density at radius 3 is 2.68 bits per heavy atom. The van der Waals surface area contributed by atoms with E-state index >= 15 is 0 Å². The number of benzene rings is 1. The van der Waals surface area contributed by atoms with Gasteiger partial charge in [0.2, 0.25) is 0 Å². The lowest BCUT2D eigenvalue weighted by Gasteiger charge is -2.08. The Labute approximate surface area is 115 Å². The van der Waals surface area contributed by atoms with E-state index in [0.29, 0.717) is 11.4 Å². The molecule has 2 aromatic rings. The maximum absolute atomic E-state index is 10.8. The van der Waals surface area contributed by atoms with Crippen LogP contribution < -0.4 is 5.73 Å². The Morgan fingerprint density at radius 1 is 1.26 bits per heavy atom. The molecule has 3 N–H and O–H groups in total. The van der Waals surface area contributed by atoms with Crippen molar-refractivity contribution in [3.05, 3.63) is 53.9 Å². The van der Waals surface area contributed by atoms with Gasteiger partial charge >= 0.3 is 5.97 Å². The average Bonchev–Trinajstić information content (AvgIpc) is 2.39. The number of aliphatic carboxylic acids is 1. The SMILES string of the molecule is Nc1cnccc1SCc1ccccc1CC(=O)O. The van der Waals surface area contributed by atoms with E-state index in [2.05, 4.69) is 4.98 Å². The van der Waals surface area contributed by atoms with Crippen molar-refractivity contribution < 1.29 is 9.90 Å². The van der Waals surface area contributed by atoms with Gasteiger partial charge in [-0.3, -0.25) is 9.78 Å². The molecule has 0 spiro atoms. The molecule has 0 bridgehead atoms. The summed E-state index contributed by atoms with van der Waals surface area (Å²) in [5.74, 6) is -0.127. The van der Waals surface area contributed by atoms with Gasteiger partial charge in [-0.25, -0.2) is 0 Å². The van der Waals surface area contributed by atoms with E-state index in [1.54, 1.807) is 24.2 Å². The molecule has 0 fully saturated rings. The van der Waals surface area contributed by atoms with Crippen molar-refractivity contribution in [3.63, 3.8) is 0 Å². The zero-order valence-corrected chi connectivity index (χ0v) is 11.1. The maximum Gasteiger partial charge on any atom is 0.307 e. The Balaban J connectivity index is 2.11. The van der Waals surface area contributed by atoms with Crippen LogP contribution in [0.15, 0.2) is 47.6 Å². The quantitative estimate of drug-likeness (QED) is 0.819. The first-order valence-corrected chi connectivity index (χ1v) is 6.76. The number of hydrogen-bond donors (Lipinski definition) is 2. The van der Waals surface area contributed by atoms with Crippen molar-refractivity contribution in [1.82, 2.24) is 4.98 Å². The number of carboxylic acids is 1. The lowest BCUT2D eigenvalue weighted by atomic mass is 10.1. The van der Waals surface area contributed by atoms with Gasteiger partial charge < -0.3 is 10.8 Å². The highest BCUT2D eigenvalue weighted by Gasteiger charge is 2.07. The molecule has 4 nitrogen and oxygen atoms in total. The number of carboxylic acid groups (broad SMARTS) is 1. The molecule has 0 amide bonds. The molecular weight excluding hydrogens is 260 g/mol. The Kier molecular flexibility index (Phi) is 4.41. The van der Waals surface area contributed by atoms with Crippen LogP contribution in [-0.2, 0) is 17.0 Å². The highest BCUT2D eigenvalue weighted by atomic mass is 32.2. The number of nitrogens with zero attached hydrogens (tertiary/aromatic N) is 1. The van der Waals surface area contributed by atoms with E-state index in [0.717, 1.165) is 16.0 Å². The van der Waals surface area contributed by atoms with Crippen LogP contribution in [0, 0.1) is 0 Å². The fraction of sp³-hybridized carbons (Fsp3) is 0.143. The molecule has 0 saturated carbocycles. The van der Waals surface area contributed by atoms with E-state index in [9.17, 15) is 4.79 Å². The summed E-state index contributed by atoms with van der Waals surface area (Å²) >= 11 is 1.58. The predicted molar refractivity (Wildman–Crippen MR) is 76.0 cm³/mol. The molecule has 1 heterocycles. The molecule has 2 rings (SSSR count). The Bertz CT molecular complexity index is 587. The van der Waals surface area contributed by atoms with Crippen LogP contribution in [0.1, 0.15) is 11.1 Å². The Hall–Kier alpha value is -2.01. The molecule has 0 aliphatic carbocycles. The van der Waals surface area contributed by atoms with Crippen molar-refractivity contribution >= 4 is 23.4 Å². The Morgan fingerprint density at radius 2 is 2.00 bits per heavy atom. The number of aromatic nitrogens is 1. The second kappa shape index (κ2) is 6.24. The van der Waals surface area contributed by atoms with E-state index in [1.807, 2.05) is 30.3 Å². The second-order valence-electron chi connectivity index (χ2n) is 4.04. The van der Waals surface area contributed by atoms with Crippen molar-refractivity contribution in [2.75, 3.05) is 5.73 Å². The normalized spacial score (nSPS) is 10.3. The summed E-state index contributed by atoms with van der Waals surface area (Å²) < 4.78 is 0. The summed E-state index contributed by atoms with van der Waals surface area (Å²) in [7, 11) is 0. The van der Waals surface area contributed by atoms with Gasteiger partial charge in [0, 0.05) is 16.8 Å². The highest BCUT2D eigenvalue weighted by molar-refractivity contribution is 7.98. The maximum atomic E-state index is 10.8. The molecule has 0 unspecified atom stereocenters. The molecular formula is C14H14N2O2S. The zero-order valence-electron chi connectivity index (χ0n) is 10.2. The summed E-state index contributed by atoms with van der Waals surface area (Å²) in [5, 5.41) is 8.89. The minimum absolute atomic E-state index is 0.0442. The van der Waals surface area contributed by atoms with Crippen molar-refractivity contribution in [3.8, 4) is 0 Å². The summed E-state index contributed by atoms with van der Waals surface area (Å²) in [6.45, 7) is 0. The van der Waals surface area contributed by atoms with Crippen LogP contribution in [0.4, 0.5) is 5.69 Å². The fourth-order valence-electron chi connectivity index (χ4n) is 1.71. The molecule has 19 heavy (non-hydrogen) atoms. The third kappa shape index (κ3) is 3.72. The minimum atomic E-state index is -0.819. The van der Waals surface area contributed by atoms with Gasteiger partial charge in [-0.15, -0.1) is 11.8 Å². The van der Waals surface area contributed by atoms with Gasteiger partial charge in [-0.05, 0) is 17.2 Å². The highest BCUT2D eigenvalue weighted by Crippen LogP contribution is 2.28. The molecule has 0 saturated heterocycles. The second-order valence-corrected chi connectivity index (χ2v) is 5.06. The topological polar surface area (TPSA) is 76.2 Å². The first-order chi connectivity index (χ1) is 9.16. The summed E-state index contributed by atoms with van der Waals surface area (Å²) in [4.78, 5) is 15.7.